The second-order valence-electron chi connectivity index (χ2n) is 2.32. The van der Waals surface area contributed by atoms with Gasteiger partial charge in [-0.05, 0) is 20.8 Å². The molecule has 0 rings (SSSR count). The summed E-state index contributed by atoms with van der Waals surface area (Å²) in [5, 5.41) is 0. The van der Waals surface area contributed by atoms with Crippen molar-refractivity contribution >= 4 is 0 Å². The van der Waals surface area contributed by atoms with Gasteiger partial charge in [0.1, 0.15) is 0 Å². The lowest BCUT2D eigenvalue weighted by Gasteiger charge is -2.10. The average molecular weight is 129 g/mol. The van der Waals surface area contributed by atoms with Gasteiger partial charge >= 0.3 is 0 Å². The molecule has 0 aliphatic rings. The van der Waals surface area contributed by atoms with Gasteiger partial charge in [-0.3, -0.25) is 0 Å². The molecule has 0 bridgehead atoms. The van der Waals surface area contributed by atoms with Crippen molar-refractivity contribution in [1.29, 1.82) is 0 Å². The highest BCUT2D eigenvalue weighted by Crippen LogP contribution is 1.96. The summed E-state index contributed by atoms with van der Waals surface area (Å²) in [6.07, 6.45) is 3.92. The Morgan fingerprint density at radius 1 is 1.22 bits per heavy atom. The molecule has 0 heterocycles. The summed E-state index contributed by atoms with van der Waals surface area (Å²) in [6, 6.07) is 0. The van der Waals surface area contributed by atoms with Crippen LogP contribution in [-0.4, -0.2) is 5.54 Å². The van der Waals surface area contributed by atoms with Crippen molar-refractivity contribution in [1.82, 2.24) is 0 Å². The summed E-state index contributed by atoms with van der Waals surface area (Å²) in [6.45, 7) is 9.90. The van der Waals surface area contributed by atoms with Crippen LogP contribution in [0.2, 0.25) is 0 Å². The van der Waals surface area contributed by atoms with Gasteiger partial charge in [0.05, 0.1) is 0 Å². The van der Waals surface area contributed by atoms with Crippen molar-refractivity contribution in [3.05, 3.63) is 12.2 Å². The minimum atomic E-state index is -0.130. The van der Waals surface area contributed by atoms with Gasteiger partial charge in [0.2, 0.25) is 0 Å². The van der Waals surface area contributed by atoms with E-state index < -0.39 is 0 Å². The molecule has 0 aromatic carbocycles. The first kappa shape index (κ1) is 11.5. The highest BCUT2D eigenvalue weighted by atomic mass is 14.7. The predicted octanol–water partition coefficient (Wildman–Crippen LogP) is 2.33. The maximum atomic E-state index is 5.56. The Kier molecular flexibility index (Phi) is 7.44. The molecule has 0 saturated carbocycles. The molecule has 0 aromatic rings. The van der Waals surface area contributed by atoms with Crippen molar-refractivity contribution in [2.75, 3.05) is 0 Å². The third-order valence-corrected chi connectivity index (χ3v) is 0.596. The Balaban J connectivity index is 0. The highest BCUT2D eigenvalue weighted by molar-refractivity contribution is 4.96. The van der Waals surface area contributed by atoms with E-state index in [0.717, 1.165) is 0 Å². The fraction of sp³-hybridized carbons (Fsp3) is 0.750. The Bertz CT molecular complexity index is 67.1. The number of rotatable bonds is 1. The quantitative estimate of drug-likeness (QED) is 0.540. The highest BCUT2D eigenvalue weighted by Gasteiger charge is 2.01. The molecule has 0 amide bonds. The van der Waals surface area contributed by atoms with Gasteiger partial charge in [0, 0.05) is 5.54 Å². The van der Waals surface area contributed by atoms with Gasteiger partial charge in [0.15, 0.2) is 0 Å². The molecular weight excluding hydrogens is 110 g/mol. The van der Waals surface area contributed by atoms with Crippen molar-refractivity contribution < 1.29 is 0 Å². The zero-order valence-corrected chi connectivity index (χ0v) is 7.23. The SMILES string of the molecule is C/C=C/C(C)(C)N.CC. The molecule has 0 aliphatic heterocycles. The zero-order chi connectivity index (χ0) is 7.91. The van der Waals surface area contributed by atoms with Crippen LogP contribution in [0.15, 0.2) is 12.2 Å². The molecule has 0 fully saturated rings. The van der Waals surface area contributed by atoms with Crippen LogP contribution in [0.1, 0.15) is 34.6 Å². The van der Waals surface area contributed by atoms with E-state index in [1.807, 2.05) is 46.8 Å². The first-order valence-electron chi connectivity index (χ1n) is 3.49. The summed E-state index contributed by atoms with van der Waals surface area (Å²) in [7, 11) is 0. The number of allylic oxidation sites excluding steroid dienone is 1. The third kappa shape index (κ3) is 18.3. The first-order valence-corrected chi connectivity index (χ1v) is 3.49. The molecule has 2 N–H and O–H groups in total. The summed E-state index contributed by atoms with van der Waals surface area (Å²) in [5.74, 6) is 0. The van der Waals surface area contributed by atoms with Crippen molar-refractivity contribution in [2.24, 2.45) is 5.73 Å². The molecule has 0 unspecified atom stereocenters. The number of nitrogens with two attached hydrogens (primary N) is 1. The van der Waals surface area contributed by atoms with Crippen LogP contribution in [0.25, 0.3) is 0 Å². The number of hydrogen-bond acceptors (Lipinski definition) is 1. The molecule has 1 heteroatoms. The van der Waals surface area contributed by atoms with Crippen LogP contribution in [0.4, 0.5) is 0 Å². The van der Waals surface area contributed by atoms with Crippen LogP contribution < -0.4 is 5.73 Å². The van der Waals surface area contributed by atoms with Gasteiger partial charge in [-0.2, -0.15) is 0 Å². The standard InChI is InChI=1S/C6H13N.C2H6/c1-4-5-6(2,3)7;1-2/h4-5H,7H2,1-3H3;1-2H3/b5-4+;. The third-order valence-electron chi connectivity index (χ3n) is 0.596. The second kappa shape index (κ2) is 5.83. The topological polar surface area (TPSA) is 26.0 Å². The van der Waals surface area contributed by atoms with Crippen LogP contribution >= 0.6 is 0 Å². The van der Waals surface area contributed by atoms with Crippen LogP contribution in [0.5, 0.6) is 0 Å². The van der Waals surface area contributed by atoms with E-state index in [1.54, 1.807) is 0 Å². The lowest BCUT2D eigenvalue weighted by molar-refractivity contribution is 0.653. The predicted molar refractivity (Wildman–Crippen MR) is 44.4 cm³/mol. The van der Waals surface area contributed by atoms with Gasteiger partial charge in [-0.1, -0.05) is 26.0 Å². The van der Waals surface area contributed by atoms with Crippen molar-refractivity contribution in [3.8, 4) is 0 Å². The minimum absolute atomic E-state index is 0.130. The second-order valence-corrected chi connectivity index (χ2v) is 2.32. The van der Waals surface area contributed by atoms with E-state index in [-0.39, 0.29) is 5.54 Å². The molecule has 0 radical (unpaired) electrons. The van der Waals surface area contributed by atoms with Crippen molar-refractivity contribution in [2.45, 2.75) is 40.2 Å². The number of hydrogen-bond donors (Lipinski definition) is 1. The Labute approximate surface area is 58.9 Å². The Hall–Kier alpha value is -0.300. The van der Waals surface area contributed by atoms with E-state index in [4.69, 9.17) is 5.73 Å². The van der Waals surface area contributed by atoms with Gasteiger partial charge in [-0.25, -0.2) is 0 Å². The molecule has 0 aromatic heterocycles. The minimum Gasteiger partial charge on any atom is -0.322 e. The monoisotopic (exact) mass is 129 g/mol. The average Bonchev–Trinajstić information content (AvgIpc) is 1.69. The lowest BCUT2D eigenvalue weighted by atomic mass is 10.1. The maximum absolute atomic E-state index is 5.56. The van der Waals surface area contributed by atoms with E-state index in [2.05, 4.69) is 0 Å². The molecule has 0 spiro atoms. The van der Waals surface area contributed by atoms with Gasteiger partial charge in [0.25, 0.3) is 0 Å². The van der Waals surface area contributed by atoms with Crippen LogP contribution in [0.3, 0.4) is 0 Å². The van der Waals surface area contributed by atoms with Crippen LogP contribution in [-0.2, 0) is 0 Å². The molecule has 56 valence electrons. The van der Waals surface area contributed by atoms with E-state index in [0.29, 0.717) is 0 Å². The van der Waals surface area contributed by atoms with E-state index in [9.17, 15) is 0 Å². The first-order chi connectivity index (χ1) is 4.06. The summed E-state index contributed by atoms with van der Waals surface area (Å²) < 4.78 is 0. The largest absolute Gasteiger partial charge is 0.322 e. The fourth-order valence-electron chi connectivity index (χ4n) is 0.430. The molecular formula is C8H19N. The molecule has 0 saturated heterocycles. The summed E-state index contributed by atoms with van der Waals surface area (Å²) in [5.41, 5.74) is 5.43. The smallest absolute Gasteiger partial charge is 0.0281 e. The Morgan fingerprint density at radius 3 is 1.56 bits per heavy atom. The van der Waals surface area contributed by atoms with E-state index >= 15 is 0 Å². The zero-order valence-electron chi connectivity index (χ0n) is 7.23. The Morgan fingerprint density at radius 2 is 1.56 bits per heavy atom. The normalized spacial score (nSPS) is 10.9. The molecule has 1 nitrogen and oxygen atoms in total. The van der Waals surface area contributed by atoms with Crippen molar-refractivity contribution in [3.63, 3.8) is 0 Å². The molecule has 9 heavy (non-hydrogen) atoms. The fourth-order valence-corrected chi connectivity index (χ4v) is 0.430. The maximum Gasteiger partial charge on any atom is 0.0281 e. The molecule has 0 atom stereocenters. The van der Waals surface area contributed by atoms with Gasteiger partial charge in [-0.15, -0.1) is 0 Å². The van der Waals surface area contributed by atoms with E-state index in [1.165, 1.54) is 0 Å². The van der Waals surface area contributed by atoms with Gasteiger partial charge < -0.3 is 5.73 Å². The summed E-state index contributed by atoms with van der Waals surface area (Å²) in [4.78, 5) is 0. The molecule has 0 aliphatic carbocycles. The lowest BCUT2D eigenvalue weighted by Crippen LogP contribution is -2.28. The van der Waals surface area contributed by atoms with Crippen LogP contribution in [0, 0.1) is 0 Å². The summed E-state index contributed by atoms with van der Waals surface area (Å²) >= 11 is 0.